The summed E-state index contributed by atoms with van der Waals surface area (Å²) >= 11 is 13.2. The zero-order chi connectivity index (χ0) is 33.5. The molecular formula is C37H34Cl2N6O3. The molecule has 0 spiro atoms. The molecule has 244 valence electrons. The van der Waals surface area contributed by atoms with Crippen LogP contribution in [0.4, 0.5) is 5.69 Å². The van der Waals surface area contributed by atoms with Crippen LogP contribution in [-0.2, 0) is 29.1 Å². The van der Waals surface area contributed by atoms with Crippen molar-refractivity contribution >= 4 is 46.5 Å². The molecule has 0 aliphatic carbocycles. The molecule has 1 saturated heterocycles. The van der Waals surface area contributed by atoms with E-state index in [0.29, 0.717) is 45.6 Å². The predicted octanol–water partition coefficient (Wildman–Crippen LogP) is 6.77. The summed E-state index contributed by atoms with van der Waals surface area (Å²) in [4.78, 5) is 33.5. The third-order valence-electron chi connectivity index (χ3n) is 8.26. The summed E-state index contributed by atoms with van der Waals surface area (Å²) in [5.74, 6) is -1.30. The molecule has 0 unspecified atom stereocenters. The lowest BCUT2D eigenvalue weighted by Crippen LogP contribution is -2.39. The summed E-state index contributed by atoms with van der Waals surface area (Å²) < 4.78 is 1.66. The fourth-order valence-electron chi connectivity index (χ4n) is 5.93. The van der Waals surface area contributed by atoms with Gasteiger partial charge in [0.05, 0.1) is 29.7 Å². The number of likely N-dealkylation sites (tertiary alicyclic amines) is 1. The molecule has 48 heavy (non-hydrogen) atoms. The summed E-state index contributed by atoms with van der Waals surface area (Å²) in [6.07, 6.45) is 3.33. The van der Waals surface area contributed by atoms with Crippen LogP contribution < -0.4 is 5.32 Å². The van der Waals surface area contributed by atoms with Crippen LogP contribution in [0.1, 0.15) is 40.8 Å². The van der Waals surface area contributed by atoms with Gasteiger partial charge in [-0.05, 0) is 54.8 Å². The Morgan fingerprint density at radius 1 is 0.896 bits per heavy atom. The molecule has 4 aromatic carbocycles. The Morgan fingerprint density at radius 2 is 1.58 bits per heavy atom. The molecule has 9 nitrogen and oxygen atoms in total. The van der Waals surface area contributed by atoms with E-state index in [2.05, 4.69) is 32.7 Å². The van der Waals surface area contributed by atoms with Gasteiger partial charge in [0.1, 0.15) is 0 Å². The first-order chi connectivity index (χ1) is 23.3. The SMILES string of the molecule is O=C(O)[C@@H](Cc1cn(Cc2ccccc2)nn1)N=C(c1ccccc1Cl)c1cc(Cl)ccc1NC(=O)[C@@H]1CCCN1Cc1ccccc1. The second-order valence-corrected chi connectivity index (χ2v) is 12.5. The molecule has 1 amide bonds. The lowest BCUT2D eigenvalue weighted by Gasteiger charge is -2.24. The molecule has 11 heteroatoms. The Kier molecular flexibility index (Phi) is 10.6. The van der Waals surface area contributed by atoms with Crippen LogP contribution in [0.25, 0.3) is 0 Å². The zero-order valence-corrected chi connectivity index (χ0v) is 27.6. The van der Waals surface area contributed by atoms with E-state index < -0.39 is 12.0 Å². The van der Waals surface area contributed by atoms with Gasteiger partial charge in [0, 0.05) is 40.3 Å². The van der Waals surface area contributed by atoms with E-state index >= 15 is 0 Å². The number of aliphatic carboxylic acids is 1. The highest BCUT2D eigenvalue weighted by atomic mass is 35.5. The molecule has 0 bridgehead atoms. The van der Waals surface area contributed by atoms with E-state index in [1.165, 1.54) is 0 Å². The summed E-state index contributed by atoms with van der Waals surface area (Å²) in [7, 11) is 0. The van der Waals surface area contributed by atoms with Crippen LogP contribution in [0.3, 0.4) is 0 Å². The number of carboxylic acid groups (broad SMARTS) is 1. The first kappa shape index (κ1) is 33.1. The van der Waals surface area contributed by atoms with E-state index in [0.717, 1.165) is 30.5 Å². The number of carbonyl (C=O) groups excluding carboxylic acids is 1. The van der Waals surface area contributed by atoms with Crippen molar-refractivity contribution in [2.24, 2.45) is 4.99 Å². The third kappa shape index (κ3) is 8.17. The van der Waals surface area contributed by atoms with Gasteiger partial charge in [-0.2, -0.15) is 0 Å². The molecule has 1 aromatic heterocycles. The Balaban J connectivity index is 1.31. The number of amides is 1. The third-order valence-corrected chi connectivity index (χ3v) is 8.83. The standard InChI is InChI=1S/C37H34Cl2N6O3/c38-27-17-18-32(41-36(46)34-16-9-19-44(34)22-25-10-3-1-4-11-25)30(20-27)35(29-14-7-8-15-31(29)39)40-33(37(47)48)21-28-24-45(43-42-28)23-26-12-5-2-6-13-26/h1-8,10-15,17-18,20,24,33-34H,9,16,19,21-23H2,(H,41,46)(H,47,48)/t33-,34+/m1/s1. The lowest BCUT2D eigenvalue weighted by molar-refractivity contribution is -0.138. The van der Waals surface area contributed by atoms with E-state index in [1.807, 2.05) is 48.5 Å². The first-order valence-electron chi connectivity index (χ1n) is 15.7. The van der Waals surface area contributed by atoms with Crippen LogP contribution in [0.15, 0.2) is 114 Å². The van der Waals surface area contributed by atoms with Crippen molar-refractivity contribution in [3.8, 4) is 0 Å². The van der Waals surface area contributed by atoms with Gasteiger partial charge in [-0.3, -0.25) is 14.7 Å². The van der Waals surface area contributed by atoms with Crippen molar-refractivity contribution in [2.75, 3.05) is 11.9 Å². The number of carbonyl (C=O) groups is 2. The molecule has 1 aliphatic heterocycles. The molecule has 1 fully saturated rings. The van der Waals surface area contributed by atoms with Gasteiger partial charge in [-0.1, -0.05) is 107 Å². The molecule has 2 atom stereocenters. The molecule has 0 saturated carbocycles. The molecular weight excluding hydrogens is 647 g/mol. The van der Waals surface area contributed by atoms with Crippen molar-refractivity contribution in [2.45, 2.75) is 44.4 Å². The van der Waals surface area contributed by atoms with Gasteiger partial charge in [-0.15, -0.1) is 5.10 Å². The lowest BCUT2D eigenvalue weighted by atomic mass is 9.99. The monoisotopic (exact) mass is 680 g/mol. The van der Waals surface area contributed by atoms with Crippen LogP contribution in [-0.4, -0.2) is 61.2 Å². The number of benzene rings is 4. The van der Waals surface area contributed by atoms with Crippen LogP contribution in [0.5, 0.6) is 0 Å². The van der Waals surface area contributed by atoms with E-state index in [4.69, 9.17) is 28.2 Å². The topological polar surface area (TPSA) is 113 Å². The number of carboxylic acids is 1. The van der Waals surface area contributed by atoms with Crippen LogP contribution in [0.2, 0.25) is 10.0 Å². The van der Waals surface area contributed by atoms with E-state index in [9.17, 15) is 14.7 Å². The van der Waals surface area contributed by atoms with Crippen molar-refractivity contribution in [1.29, 1.82) is 0 Å². The maximum Gasteiger partial charge on any atom is 0.328 e. The van der Waals surface area contributed by atoms with Gasteiger partial charge >= 0.3 is 5.97 Å². The van der Waals surface area contributed by atoms with Crippen molar-refractivity contribution in [3.63, 3.8) is 0 Å². The molecule has 5 aromatic rings. The number of anilines is 1. The number of hydrogen-bond donors (Lipinski definition) is 2. The number of hydrogen-bond acceptors (Lipinski definition) is 6. The second-order valence-electron chi connectivity index (χ2n) is 11.7. The maximum atomic E-state index is 13.8. The second kappa shape index (κ2) is 15.4. The normalized spacial score (nSPS) is 15.7. The number of rotatable bonds is 12. The van der Waals surface area contributed by atoms with Gasteiger partial charge in [0.25, 0.3) is 0 Å². The number of aliphatic imine (C=N–C) groups is 1. The van der Waals surface area contributed by atoms with E-state index in [1.54, 1.807) is 53.3 Å². The smallest absolute Gasteiger partial charge is 0.328 e. The number of aromatic nitrogens is 3. The Hall–Kier alpha value is -4.83. The zero-order valence-electron chi connectivity index (χ0n) is 26.0. The number of halogens is 2. The van der Waals surface area contributed by atoms with Gasteiger partial charge in [-0.25, -0.2) is 9.48 Å². The summed E-state index contributed by atoms with van der Waals surface area (Å²) in [6, 6.07) is 30.4. The highest BCUT2D eigenvalue weighted by Gasteiger charge is 2.32. The highest BCUT2D eigenvalue weighted by molar-refractivity contribution is 6.36. The average Bonchev–Trinajstić information content (AvgIpc) is 3.74. The quantitative estimate of drug-likeness (QED) is 0.141. The Morgan fingerprint density at radius 3 is 2.29 bits per heavy atom. The number of nitrogens with zero attached hydrogens (tertiary/aromatic N) is 5. The van der Waals surface area contributed by atoms with Gasteiger partial charge in [0.2, 0.25) is 5.91 Å². The molecule has 6 rings (SSSR count). The Bertz CT molecular complexity index is 1920. The summed E-state index contributed by atoms with van der Waals surface area (Å²) in [5.41, 5.74) is 4.34. The van der Waals surface area contributed by atoms with Crippen molar-refractivity contribution < 1.29 is 14.7 Å². The minimum absolute atomic E-state index is 0.0170. The maximum absolute atomic E-state index is 13.8. The molecule has 2 heterocycles. The minimum atomic E-state index is -1.24. The van der Waals surface area contributed by atoms with Crippen molar-refractivity contribution in [3.05, 3.63) is 147 Å². The van der Waals surface area contributed by atoms with Gasteiger partial charge in [0.15, 0.2) is 6.04 Å². The fraction of sp³-hybridized carbons (Fsp3) is 0.216. The minimum Gasteiger partial charge on any atom is -0.480 e. The van der Waals surface area contributed by atoms with Crippen LogP contribution >= 0.6 is 23.2 Å². The molecule has 2 N–H and O–H groups in total. The van der Waals surface area contributed by atoms with Crippen molar-refractivity contribution in [1.82, 2.24) is 19.9 Å². The molecule has 1 aliphatic rings. The van der Waals surface area contributed by atoms with Crippen LogP contribution in [0, 0.1) is 0 Å². The molecule has 0 radical (unpaired) electrons. The summed E-state index contributed by atoms with van der Waals surface area (Å²) in [6.45, 7) is 1.97. The largest absolute Gasteiger partial charge is 0.480 e. The fourth-order valence-corrected chi connectivity index (χ4v) is 6.32. The van der Waals surface area contributed by atoms with E-state index in [-0.39, 0.29) is 24.1 Å². The summed E-state index contributed by atoms with van der Waals surface area (Å²) in [5, 5.41) is 22.7. The number of nitrogens with one attached hydrogen (secondary N) is 1. The van der Waals surface area contributed by atoms with Gasteiger partial charge < -0.3 is 10.4 Å². The Labute approximate surface area is 288 Å². The predicted molar refractivity (Wildman–Crippen MR) is 188 cm³/mol. The first-order valence-corrected chi connectivity index (χ1v) is 16.5. The highest BCUT2D eigenvalue weighted by Crippen LogP contribution is 2.30. The average molecular weight is 682 g/mol.